The van der Waals surface area contributed by atoms with Crippen LogP contribution in [-0.2, 0) is 17.6 Å². The zero-order valence-electron chi connectivity index (χ0n) is 20.6. The maximum Gasteiger partial charge on any atom is 0.414 e. The molecule has 0 unspecified atom stereocenters. The average Bonchev–Trinajstić information content (AvgIpc) is 2.79. The van der Waals surface area contributed by atoms with Crippen molar-refractivity contribution in [3.8, 4) is 11.8 Å². The fourth-order valence-corrected chi connectivity index (χ4v) is 3.42. The number of amides is 1. The number of aliphatic carboxylic acids is 1. The summed E-state index contributed by atoms with van der Waals surface area (Å²) >= 11 is 0. The van der Waals surface area contributed by atoms with E-state index in [0.29, 0.717) is 17.7 Å². The quantitative estimate of drug-likeness (QED) is 0.331. The van der Waals surface area contributed by atoms with Crippen LogP contribution in [-0.4, -0.2) is 67.8 Å². The summed E-state index contributed by atoms with van der Waals surface area (Å²) < 4.78 is 5.18. The third-order valence-electron chi connectivity index (χ3n) is 5.10. The Morgan fingerprint density at radius 2 is 1.61 bits per heavy atom. The Morgan fingerprint density at radius 1 is 0.972 bits per heavy atom. The number of carboxylic acids is 1. The molecule has 2 aromatic carbocycles. The largest absolute Gasteiger partial charge is 0.480 e. The van der Waals surface area contributed by atoms with Crippen LogP contribution in [0.5, 0.6) is 11.8 Å². The van der Waals surface area contributed by atoms with Gasteiger partial charge in [-0.2, -0.15) is 15.0 Å². The highest BCUT2D eigenvalue weighted by Gasteiger charge is 2.23. The van der Waals surface area contributed by atoms with Gasteiger partial charge >= 0.3 is 18.1 Å². The molecule has 0 spiro atoms. The minimum atomic E-state index is -1.13. The topological polar surface area (TPSA) is 150 Å². The van der Waals surface area contributed by atoms with Gasteiger partial charge in [0.2, 0.25) is 11.9 Å². The highest BCUT2D eigenvalue weighted by molar-refractivity contribution is 5.77. The molecule has 0 radical (unpaired) electrons. The smallest absolute Gasteiger partial charge is 0.414 e. The zero-order chi connectivity index (χ0) is 26.3. The normalized spacial score (nSPS) is 11.9. The number of carbonyl (C=O) groups is 2. The number of benzene rings is 2. The lowest BCUT2D eigenvalue weighted by Gasteiger charge is -2.26. The van der Waals surface area contributed by atoms with E-state index in [1.807, 2.05) is 44.2 Å². The summed E-state index contributed by atoms with van der Waals surface area (Å²) in [7, 11) is 3.15. The number of hydrogen-bond acceptors (Lipinski definition) is 9. The second-order valence-electron chi connectivity index (χ2n) is 9.10. The summed E-state index contributed by atoms with van der Waals surface area (Å²) in [5, 5.41) is 25.7. The summed E-state index contributed by atoms with van der Waals surface area (Å²) in [5.74, 6) is -0.753. The van der Waals surface area contributed by atoms with Crippen LogP contribution in [0.3, 0.4) is 0 Å². The van der Waals surface area contributed by atoms with Crippen molar-refractivity contribution in [3.63, 3.8) is 0 Å². The predicted molar refractivity (Wildman–Crippen MR) is 134 cm³/mol. The number of rotatable bonds is 10. The standard InChI is InChI=1S/C25H30N6O5/c1-25(2,15-17-8-6-5-7-9-17)30-22-27-21(28-23(34)29-22)26-19(20(32)33)14-16-10-12-18(13-11-16)36-24(35)31(3)4/h5-13,19H,14-15H2,1-4H3,(H,32,33)(H3,26,27,28,29,30,34)/t19-/m0/s1. The van der Waals surface area contributed by atoms with Crippen LogP contribution in [0.15, 0.2) is 54.6 Å². The Kier molecular flexibility index (Phi) is 8.26. The highest BCUT2D eigenvalue weighted by Crippen LogP contribution is 2.20. The lowest BCUT2D eigenvalue weighted by atomic mass is 9.95. The molecule has 4 N–H and O–H groups in total. The van der Waals surface area contributed by atoms with Crippen molar-refractivity contribution in [1.82, 2.24) is 19.9 Å². The first-order valence-corrected chi connectivity index (χ1v) is 11.3. The molecule has 1 heterocycles. The lowest BCUT2D eigenvalue weighted by molar-refractivity contribution is -0.137. The third-order valence-corrected chi connectivity index (χ3v) is 5.10. The lowest BCUT2D eigenvalue weighted by Crippen LogP contribution is -2.35. The summed E-state index contributed by atoms with van der Waals surface area (Å²) in [4.78, 5) is 36.9. The van der Waals surface area contributed by atoms with Gasteiger partial charge < -0.3 is 30.5 Å². The number of carbonyl (C=O) groups excluding carboxylic acids is 1. The van der Waals surface area contributed by atoms with E-state index in [0.717, 1.165) is 5.56 Å². The molecule has 0 saturated heterocycles. The molecule has 11 heteroatoms. The second kappa shape index (κ2) is 11.3. The number of nitrogens with one attached hydrogen (secondary N) is 2. The number of ether oxygens (including phenoxy) is 1. The van der Waals surface area contributed by atoms with Crippen LogP contribution in [0.4, 0.5) is 16.7 Å². The van der Waals surface area contributed by atoms with Gasteiger partial charge in [0.25, 0.3) is 0 Å². The summed E-state index contributed by atoms with van der Waals surface area (Å²) in [5.41, 5.74) is 1.33. The monoisotopic (exact) mass is 494 g/mol. The number of aromatic nitrogens is 3. The molecule has 1 amide bonds. The molecule has 0 fully saturated rings. The molecule has 190 valence electrons. The fraction of sp³-hybridized carbons (Fsp3) is 0.320. The molecule has 3 aromatic rings. The van der Waals surface area contributed by atoms with Gasteiger partial charge in [-0.3, -0.25) is 0 Å². The Labute approximate surface area is 209 Å². The number of nitrogens with zero attached hydrogens (tertiary/aromatic N) is 4. The van der Waals surface area contributed by atoms with Crippen LogP contribution in [0.1, 0.15) is 25.0 Å². The van der Waals surface area contributed by atoms with Gasteiger partial charge in [0.1, 0.15) is 11.8 Å². The minimum absolute atomic E-state index is 0.0792. The molecule has 0 bridgehead atoms. The van der Waals surface area contributed by atoms with Gasteiger partial charge in [-0.05, 0) is 43.5 Å². The van der Waals surface area contributed by atoms with Crippen molar-refractivity contribution in [2.24, 2.45) is 0 Å². The Bertz CT molecular complexity index is 1190. The summed E-state index contributed by atoms with van der Waals surface area (Å²) in [6, 6.07) is 14.8. The first kappa shape index (κ1) is 26.2. The number of hydrogen-bond donors (Lipinski definition) is 4. The summed E-state index contributed by atoms with van der Waals surface area (Å²) in [6.07, 6.45) is 0.242. The van der Waals surface area contributed by atoms with Crippen LogP contribution in [0, 0.1) is 0 Å². The first-order chi connectivity index (χ1) is 17.0. The van der Waals surface area contributed by atoms with E-state index < -0.39 is 29.7 Å². The Balaban J connectivity index is 1.69. The maximum absolute atomic E-state index is 11.9. The molecule has 0 aliphatic heterocycles. The molecule has 1 aromatic heterocycles. The SMILES string of the molecule is CN(C)C(=O)Oc1ccc(C[C@H](Nc2nc(O)nc(NC(C)(C)Cc3ccccc3)n2)C(=O)O)cc1. The number of carboxylic acid groups (broad SMARTS) is 1. The molecule has 1 atom stereocenters. The average molecular weight is 495 g/mol. The van der Waals surface area contributed by atoms with Gasteiger partial charge in [-0.15, -0.1) is 0 Å². The highest BCUT2D eigenvalue weighted by atomic mass is 16.6. The predicted octanol–water partition coefficient (Wildman–Crippen LogP) is 3.18. The Hall–Kier alpha value is -4.41. The number of anilines is 2. The third kappa shape index (κ3) is 7.83. The molecule has 36 heavy (non-hydrogen) atoms. The molecule has 0 aliphatic rings. The van der Waals surface area contributed by atoms with Gasteiger partial charge in [-0.25, -0.2) is 9.59 Å². The maximum atomic E-state index is 11.9. The van der Waals surface area contributed by atoms with Gasteiger partial charge in [0.05, 0.1) is 0 Å². The molecular weight excluding hydrogens is 464 g/mol. The first-order valence-electron chi connectivity index (χ1n) is 11.3. The molecular formula is C25H30N6O5. The molecule has 11 nitrogen and oxygen atoms in total. The van der Waals surface area contributed by atoms with E-state index >= 15 is 0 Å². The van der Waals surface area contributed by atoms with Crippen molar-refractivity contribution in [1.29, 1.82) is 0 Å². The molecule has 3 rings (SSSR count). The van der Waals surface area contributed by atoms with Crippen molar-refractivity contribution in [3.05, 3.63) is 65.7 Å². The van der Waals surface area contributed by atoms with Gasteiger partial charge in [0.15, 0.2) is 0 Å². The van der Waals surface area contributed by atoms with Crippen LogP contribution in [0.25, 0.3) is 0 Å². The van der Waals surface area contributed by atoms with E-state index in [9.17, 15) is 19.8 Å². The van der Waals surface area contributed by atoms with Crippen molar-refractivity contribution in [2.75, 3.05) is 24.7 Å². The molecule has 0 saturated carbocycles. The van der Waals surface area contributed by atoms with Crippen LogP contribution >= 0.6 is 0 Å². The van der Waals surface area contributed by atoms with E-state index in [4.69, 9.17) is 4.74 Å². The van der Waals surface area contributed by atoms with Gasteiger partial charge in [-0.1, -0.05) is 42.5 Å². The zero-order valence-corrected chi connectivity index (χ0v) is 20.6. The van der Waals surface area contributed by atoms with Crippen molar-refractivity contribution < 1.29 is 24.5 Å². The van der Waals surface area contributed by atoms with E-state index in [-0.39, 0.29) is 18.3 Å². The second-order valence-corrected chi connectivity index (χ2v) is 9.10. The van der Waals surface area contributed by atoms with Crippen molar-refractivity contribution in [2.45, 2.75) is 38.3 Å². The molecule has 0 aliphatic carbocycles. The van der Waals surface area contributed by atoms with Gasteiger partial charge in [0, 0.05) is 26.1 Å². The minimum Gasteiger partial charge on any atom is -0.480 e. The summed E-state index contributed by atoms with van der Waals surface area (Å²) in [6.45, 7) is 3.93. The van der Waals surface area contributed by atoms with E-state index in [2.05, 4.69) is 25.6 Å². The van der Waals surface area contributed by atoms with Crippen LogP contribution < -0.4 is 15.4 Å². The number of aromatic hydroxyl groups is 1. The van der Waals surface area contributed by atoms with E-state index in [1.54, 1.807) is 38.4 Å². The Morgan fingerprint density at radius 3 is 2.22 bits per heavy atom. The fourth-order valence-electron chi connectivity index (χ4n) is 3.42. The van der Waals surface area contributed by atoms with Crippen molar-refractivity contribution >= 4 is 24.0 Å². The van der Waals surface area contributed by atoms with Crippen LogP contribution in [0.2, 0.25) is 0 Å². The van der Waals surface area contributed by atoms with E-state index in [1.165, 1.54) is 4.90 Å².